The minimum absolute atomic E-state index is 0.0911. The summed E-state index contributed by atoms with van der Waals surface area (Å²) in [6, 6.07) is 7.45. The number of nitriles is 1. The van der Waals surface area contributed by atoms with Gasteiger partial charge >= 0.3 is 0 Å². The molecule has 1 atom stereocenters. The molecule has 1 rings (SSSR count). The first-order valence-electron chi connectivity index (χ1n) is 6.66. The van der Waals surface area contributed by atoms with E-state index in [-0.39, 0.29) is 11.8 Å². The monoisotopic (exact) mass is 274 g/mol. The Morgan fingerprint density at radius 2 is 2.10 bits per heavy atom. The average Bonchev–Trinajstić information content (AvgIpc) is 2.43. The molecule has 1 aromatic rings. The van der Waals surface area contributed by atoms with Gasteiger partial charge in [-0.1, -0.05) is 0 Å². The molecule has 0 aromatic heterocycles. The number of nitrogens with two attached hydrogens (primary N) is 1. The van der Waals surface area contributed by atoms with E-state index in [2.05, 4.69) is 6.07 Å². The molecule has 0 aliphatic heterocycles. The summed E-state index contributed by atoms with van der Waals surface area (Å²) in [5.41, 5.74) is 7.98. The van der Waals surface area contributed by atoms with Crippen LogP contribution in [0.1, 0.15) is 24.2 Å². The fourth-order valence-corrected chi connectivity index (χ4v) is 2.00. The van der Waals surface area contributed by atoms with Gasteiger partial charge in [0.2, 0.25) is 0 Å². The summed E-state index contributed by atoms with van der Waals surface area (Å²) >= 11 is 0. The topological polar surface area (TPSA) is 73.4 Å². The van der Waals surface area contributed by atoms with Crippen molar-refractivity contribution < 1.29 is 4.79 Å². The number of benzene rings is 1. The molecule has 5 nitrogen and oxygen atoms in total. The average molecular weight is 274 g/mol. The van der Waals surface area contributed by atoms with E-state index in [4.69, 9.17) is 11.0 Å². The Hall–Kier alpha value is -2.22. The van der Waals surface area contributed by atoms with Gasteiger partial charge in [0, 0.05) is 32.7 Å². The van der Waals surface area contributed by atoms with E-state index in [1.165, 1.54) is 0 Å². The van der Waals surface area contributed by atoms with Crippen LogP contribution in [-0.2, 0) is 0 Å². The summed E-state index contributed by atoms with van der Waals surface area (Å²) in [5, 5.41) is 8.86. The second-order valence-corrected chi connectivity index (χ2v) is 5.04. The SMILES string of the molecule is CCN(CC(C)C#N)C(=O)c1ccc(N(C)C)c(N)c1. The second kappa shape index (κ2) is 6.80. The summed E-state index contributed by atoms with van der Waals surface area (Å²) < 4.78 is 0. The number of anilines is 2. The van der Waals surface area contributed by atoms with E-state index in [1.54, 1.807) is 24.0 Å². The normalized spacial score (nSPS) is 11.6. The number of nitrogens with zero attached hydrogens (tertiary/aromatic N) is 3. The molecule has 1 amide bonds. The highest BCUT2D eigenvalue weighted by molar-refractivity contribution is 5.96. The fourth-order valence-electron chi connectivity index (χ4n) is 2.00. The number of carbonyl (C=O) groups excluding carboxylic acids is 1. The van der Waals surface area contributed by atoms with Gasteiger partial charge in [-0.25, -0.2) is 0 Å². The molecule has 0 fully saturated rings. The van der Waals surface area contributed by atoms with Crippen molar-refractivity contribution in [1.82, 2.24) is 4.90 Å². The Morgan fingerprint density at radius 3 is 2.55 bits per heavy atom. The summed E-state index contributed by atoms with van der Waals surface area (Å²) in [4.78, 5) is 16.0. The van der Waals surface area contributed by atoms with Gasteiger partial charge in [-0.2, -0.15) is 5.26 Å². The van der Waals surface area contributed by atoms with E-state index >= 15 is 0 Å². The van der Waals surface area contributed by atoms with Gasteiger partial charge in [0.25, 0.3) is 5.91 Å². The maximum atomic E-state index is 12.4. The zero-order valence-electron chi connectivity index (χ0n) is 12.6. The number of amides is 1. The fraction of sp³-hybridized carbons (Fsp3) is 0.467. The summed E-state index contributed by atoms with van der Waals surface area (Å²) in [5.74, 6) is -0.274. The number of rotatable bonds is 5. The predicted molar refractivity (Wildman–Crippen MR) is 81.5 cm³/mol. The van der Waals surface area contributed by atoms with Crippen molar-refractivity contribution in [2.75, 3.05) is 37.8 Å². The van der Waals surface area contributed by atoms with E-state index in [1.807, 2.05) is 32.0 Å². The molecule has 2 N–H and O–H groups in total. The minimum Gasteiger partial charge on any atom is -0.397 e. The third-order valence-corrected chi connectivity index (χ3v) is 3.14. The molecule has 20 heavy (non-hydrogen) atoms. The molecular weight excluding hydrogens is 252 g/mol. The van der Waals surface area contributed by atoms with Gasteiger partial charge in [0.15, 0.2) is 0 Å². The zero-order chi connectivity index (χ0) is 15.3. The van der Waals surface area contributed by atoms with Gasteiger partial charge in [-0.15, -0.1) is 0 Å². The maximum absolute atomic E-state index is 12.4. The highest BCUT2D eigenvalue weighted by Gasteiger charge is 2.17. The van der Waals surface area contributed by atoms with Gasteiger partial charge in [-0.05, 0) is 32.0 Å². The highest BCUT2D eigenvalue weighted by atomic mass is 16.2. The second-order valence-electron chi connectivity index (χ2n) is 5.04. The zero-order valence-corrected chi connectivity index (χ0v) is 12.6. The Kier molecular flexibility index (Phi) is 5.39. The molecule has 1 unspecified atom stereocenters. The third kappa shape index (κ3) is 3.64. The largest absolute Gasteiger partial charge is 0.397 e. The first kappa shape index (κ1) is 15.8. The van der Waals surface area contributed by atoms with Crippen LogP contribution in [-0.4, -0.2) is 38.0 Å². The lowest BCUT2D eigenvalue weighted by Crippen LogP contribution is -2.34. The lowest BCUT2D eigenvalue weighted by molar-refractivity contribution is 0.0753. The van der Waals surface area contributed by atoms with Gasteiger partial charge in [-0.3, -0.25) is 4.79 Å². The molecule has 0 heterocycles. The molecule has 1 aromatic carbocycles. The summed E-state index contributed by atoms with van der Waals surface area (Å²) in [6.07, 6.45) is 0. The van der Waals surface area contributed by atoms with Crippen LogP contribution < -0.4 is 10.6 Å². The van der Waals surface area contributed by atoms with Crippen molar-refractivity contribution in [2.45, 2.75) is 13.8 Å². The Labute approximate surface area is 120 Å². The minimum atomic E-state index is -0.183. The molecule has 0 radical (unpaired) electrons. The number of nitrogen functional groups attached to an aromatic ring is 1. The van der Waals surface area contributed by atoms with E-state index in [0.717, 1.165) is 5.69 Å². The van der Waals surface area contributed by atoms with Crippen LogP contribution in [0.4, 0.5) is 11.4 Å². The Morgan fingerprint density at radius 1 is 1.45 bits per heavy atom. The molecular formula is C15H22N4O. The number of carbonyl (C=O) groups is 1. The molecule has 5 heteroatoms. The molecule has 0 bridgehead atoms. The van der Waals surface area contributed by atoms with Crippen LogP contribution in [0.2, 0.25) is 0 Å². The van der Waals surface area contributed by atoms with Crippen LogP contribution in [0.3, 0.4) is 0 Å². The highest BCUT2D eigenvalue weighted by Crippen LogP contribution is 2.23. The van der Waals surface area contributed by atoms with Crippen molar-refractivity contribution in [3.63, 3.8) is 0 Å². The summed E-state index contributed by atoms with van der Waals surface area (Å²) in [6.45, 7) is 4.71. The molecule has 0 saturated heterocycles. The number of hydrogen-bond acceptors (Lipinski definition) is 4. The lowest BCUT2D eigenvalue weighted by atomic mass is 10.1. The molecule has 0 aliphatic carbocycles. The molecule has 0 saturated carbocycles. The predicted octanol–water partition coefficient (Wildman–Crippen LogP) is 1.96. The first-order chi connectivity index (χ1) is 9.40. The van der Waals surface area contributed by atoms with Crippen molar-refractivity contribution in [2.24, 2.45) is 5.92 Å². The summed E-state index contributed by atoms with van der Waals surface area (Å²) in [7, 11) is 3.81. The van der Waals surface area contributed by atoms with Crippen LogP contribution in [0.5, 0.6) is 0 Å². The van der Waals surface area contributed by atoms with E-state index in [9.17, 15) is 4.79 Å². The Bertz CT molecular complexity index is 519. The standard InChI is InChI=1S/C15H22N4O/c1-5-19(10-11(2)9-16)15(20)12-6-7-14(18(3)4)13(17)8-12/h6-8,11H,5,10,17H2,1-4H3. The van der Waals surface area contributed by atoms with Crippen LogP contribution in [0.15, 0.2) is 18.2 Å². The van der Waals surface area contributed by atoms with Crippen molar-refractivity contribution in [3.8, 4) is 6.07 Å². The van der Waals surface area contributed by atoms with Crippen LogP contribution in [0, 0.1) is 17.2 Å². The number of hydrogen-bond donors (Lipinski definition) is 1. The quantitative estimate of drug-likeness (QED) is 0.833. The first-order valence-corrected chi connectivity index (χ1v) is 6.66. The van der Waals surface area contributed by atoms with Gasteiger partial charge < -0.3 is 15.5 Å². The molecule has 108 valence electrons. The Balaban J connectivity index is 2.96. The van der Waals surface area contributed by atoms with E-state index < -0.39 is 0 Å². The van der Waals surface area contributed by atoms with Gasteiger partial charge in [0.05, 0.1) is 23.4 Å². The van der Waals surface area contributed by atoms with Crippen LogP contribution >= 0.6 is 0 Å². The van der Waals surface area contributed by atoms with Gasteiger partial charge in [0.1, 0.15) is 0 Å². The van der Waals surface area contributed by atoms with E-state index in [0.29, 0.717) is 24.3 Å². The maximum Gasteiger partial charge on any atom is 0.253 e. The third-order valence-electron chi connectivity index (χ3n) is 3.14. The van der Waals surface area contributed by atoms with Crippen molar-refractivity contribution in [1.29, 1.82) is 5.26 Å². The van der Waals surface area contributed by atoms with Crippen molar-refractivity contribution >= 4 is 17.3 Å². The smallest absolute Gasteiger partial charge is 0.253 e. The van der Waals surface area contributed by atoms with Crippen molar-refractivity contribution in [3.05, 3.63) is 23.8 Å². The lowest BCUT2D eigenvalue weighted by Gasteiger charge is -2.23. The molecule has 0 aliphatic rings. The van der Waals surface area contributed by atoms with Crippen LogP contribution in [0.25, 0.3) is 0 Å². The molecule has 0 spiro atoms.